The van der Waals surface area contributed by atoms with Crippen LogP contribution in [0.1, 0.15) is 175 Å². The van der Waals surface area contributed by atoms with Gasteiger partial charge in [0, 0.05) is 19.4 Å². The van der Waals surface area contributed by atoms with Crippen LogP contribution in [0.15, 0.2) is 29.3 Å². The lowest BCUT2D eigenvalue weighted by Crippen LogP contribution is -2.42. The van der Waals surface area contributed by atoms with Crippen LogP contribution in [0.2, 0.25) is 0 Å². The first-order chi connectivity index (χ1) is 22.8. The third-order valence-electron chi connectivity index (χ3n) is 7.70. The highest BCUT2D eigenvalue weighted by Crippen LogP contribution is 2.11. The number of aliphatic carboxylic acids is 1. The number of nitrogens with one attached hydrogen (secondary N) is 1. The van der Waals surface area contributed by atoms with Crippen molar-refractivity contribution in [2.75, 3.05) is 13.2 Å². The zero-order valence-corrected chi connectivity index (χ0v) is 30.5. The van der Waals surface area contributed by atoms with Crippen molar-refractivity contribution in [1.82, 2.24) is 5.32 Å². The molecule has 0 aliphatic rings. The minimum Gasteiger partial charge on any atom is -0.481 e. The predicted molar refractivity (Wildman–Crippen MR) is 197 cm³/mol. The standard InChI is InChI=1S/C20H40N4O3.C18H32O2/c1-3-5-6-7-8-9-10-11-12-15-18(25)24-17(19(26)27-4-2)14-13-16-23-20(21)22;1-2-3-4-5-6-7-8-9-10-11-12-13-14-15-16-17-18(19)20/h17H,3-16H2,1-2H3,(H,24,25)(H4,21,22,23);6-7,9-10H,2-5,8,11-17H2,1H3,(H,19,20)/b;7-6-,10-9-/t17-;/m0./s1. The SMILES string of the molecule is CCCCC/C=C\C/C=C\CCCCCCCC(=O)O.CCCCCCCCCCCC(=O)N[C@@H](CCCN=C(N)N)C(=O)OCC. The van der Waals surface area contributed by atoms with Crippen LogP contribution in [0.5, 0.6) is 0 Å². The Balaban J connectivity index is 0. The normalized spacial score (nSPS) is 11.6. The molecule has 0 fully saturated rings. The summed E-state index contributed by atoms with van der Waals surface area (Å²) in [6.45, 7) is 6.92. The molecule has 0 rings (SSSR count). The third-order valence-corrected chi connectivity index (χ3v) is 7.70. The van der Waals surface area contributed by atoms with Gasteiger partial charge in [-0.2, -0.15) is 0 Å². The Bertz CT molecular complexity index is 825. The van der Waals surface area contributed by atoms with Crippen molar-refractivity contribution in [3.05, 3.63) is 24.3 Å². The maximum atomic E-state index is 12.1. The van der Waals surface area contributed by atoms with Gasteiger partial charge in [-0.1, -0.05) is 122 Å². The molecule has 0 aliphatic heterocycles. The molecule has 274 valence electrons. The maximum Gasteiger partial charge on any atom is 0.328 e. The minimum absolute atomic E-state index is 0.0251. The van der Waals surface area contributed by atoms with Crippen LogP contribution in [0, 0.1) is 0 Å². The number of carbonyl (C=O) groups excluding carboxylic acids is 2. The van der Waals surface area contributed by atoms with Gasteiger partial charge in [-0.15, -0.1) is 0 Å². The molecule has 47 heavy (non-hydrogen) atoms. The fourth-order valence-electron chi connectivity index (χ4n) is 4.95. The van der Waals surface area contributed by atoms with Gasteiger partial charge in [-0.25, -0.2) is 4.79 Å². The first kappa shape index (κ1) is 46.3. The molecule has 0 heterocycles. The summed E-state index contributed by atoms with van der Waals surface area (Å²) in [5, 5.41) is 11.3. The first-order valence-electron chi connectivity index (χ1n) is 18.8. The summed E-state index contributed by atoms with van der Waals surface area (Å²) in [5.41, 5.74) is 10.6. The fourth-order valence-corrected chi connectivity index (χ4v) is 4.95. The number of esters is 1. The molecule has 1 atom stereocenters. The molecule has 0 unspecified atom stereocenters. The fraction of sp³-hybridized carbons (Fsp3) is 0.789. The monoisotopic (exact) mass is 665 g/mol. The van der Waals surface area contributed by atoms with E-state index in [0.29, 0.717) is 32.2 Å². The van der Waals surface area contributed by atoms with Crippen molar-refractivity contribution in [2.45, 2.75) is 181 Å². The van der Waals surface area contributed by atoms with Gasteiger partial charge in [0.05, 0.1) is 6.61 Å². The van der Waals surface area contributed by atoms with E-state index >= 15 is 0 Å². The molecule has 0 aromatic rings. The second-order valence-electron chi connectivity index (χ2n) is 12.3. The van der Waals surface area contributed by atoms with Gasteiger partial charge in [0.15, 0.2) is 5.96 Å². The highest BCUT2D eigenvalue weighted by molar-refractivity contribution is 5.84. The zero-order valence-electron chi connectivity index (χ0n) is 30.5. The van der Waals surface area contributed by atoms with Gasteiger partial charge in [0.25, 0.3) is 0 Å². The summed E-state index contributed by atoms with van der Waals surface area (Å²) in [6.07, 6.45) is 34.6. The molecule has 0 aromatic heterocycles. The Morgan fingerprint density at radius 2 is 1.17 bits per heavy atom. The number of carbonyl (C=O) groups is 3. The van der Waals surface area contributed by atoms with Crippen LogP contribution >= 0.6 is 0 Å². The molecule has 0 saturated carbocycles. The molecule has 0 spiro atoms. The molecular weight excluding hydrogens is 592 g/mol. The third kappa shape index (κ3) is 39.3. The summed E-state index contributed by atoms with van der Waals surface area (Å²) >= 11 is 0. The Morgan fingerprint density at radius 3 is 1.70 bits per heavy atom. The van der Waals surface area contributed by atoms with E-state index in [2.05, 4.69) is 48.5 Å². The smallest absolute Gasteiger partial charge is 0.328 e. The van der Waals surface area contributed by atoms with E-state index in [0.717, 1.165) is 38.5 Å². The Morgan fingerprint density at radius 1 is 0.681 bits per heavy atom. The number of rotatable bonds is 31. The van der Waals surface area contributed by atoms with Crippen LogP contribution in [-0.4, -0.2) is 48.1 Å². The summed E-state index contributed by atoms with van der Waals surface area (Å²) in [6, 6.07) is -0.634. The molecule has 1 amide bonds. The largest absolute Gasteiger partial charge is 0.481 e. The minimum atomic E-state index is -0.671. The van der Waals surface area contributed by atoms with E-state index in [1.54, 1.807) is 6.92 Å². The number of amides is 1. The lowest BCUT2D eigenvalue weighted by atomic mass is 10.1. The number of hydrogen-bond acceptors (Lipinski definition) is 5. The van der Waals surface area contributed by atoms with Crippen molar-refractivity contribution in [1.29, 1.82) is 0 Å². The molecule has 0 saturated heterocycles. The average molecular weight is 665 g/mol. The molecule has 9 nitrogen and oxygen atoms in total. The number of aliphatic imine (C=N–C) groups is 1. The van der Waals surface area contributed by atoms with Crippen molar-refractivity contribution < 1.29 is 24.2 Å². The quantitative estimate of drug-likeness (QED) is 0.0189. The lowest BCUT2D eigenvalue weighted by Gasteiger charge is -2.17. The van der Waals surface area contributed by atoms with Gasteiger partial charge in [-0.3, -0.25) is 14.6 Å². The molecule has 0 aliphatic carbocycles. The molecular formula is C38H72N4O5. The number of carboxylic acids is 1. The highest BCUT2D eigenvalue weighted by atomic mass is 16.5. The molecule has 0 radical (unpaired) electrons. The highest BCUT2D eigenvalue weighted by Gasteiger charge is 2.21. The van der Waals surface area contributed by atoms with Crippen LogP contribution in [0.4, 0.5) is 0 Å². The summed E-state index contributed by atoms with van der Waals surface area (Å²) in [4.78, 5) is 38.3. The molecule has 0 bridgehead atoms. The Kier molecular flexibility index (Phi) is 37.0. The maximum absolute atomic E-state index is 12.1. The number of nitrogens with zero attached hydrogens (tertiary/aromatic N) is 1. The molecule has 6 N–H and O–H groups in total. The van der Waals surface area contributed by atoms with Gasteiger partial charge in [0.1, 0.15) is 6.04 Å². The summed E-state index contributed by atoms with van der Waals surface area (Å²) in [7, 11) is 0. The van der Waals surface area contributed by atoms with Gasteiger partial charge >= 0.3 is 11.9 Å². The van der Waals surface area contributed by atoms with Gasteiger partial charge in [0.2, 0.25) is 5.91 Å². The van der Waals surface area contributed by atoms with E-state index in [4.69, 9.17) is 21.3 Å². The average Bonchev–Trinajstić information content (AvgIpc) is 3.03. The van der Waals surface area contributed by atoms with E-state index in [1.807, 2.05) is 0 Å². The van der Waals surface area contributed by atoms with Crippen molar-refractivity contribution in [3.63, 3.8) is 0 Å². The lowest BCUT2D eigenvalue weighted by molar-refractivity contribution is -0.147. The second kappa shape index (κ2) is 37.6. The van der Waals surface area contributed by atoms with Gasteiger partial charge in [-0.05, 0) is 64.7 Å². The Hall–Kier alpha value is -2.84. The van der Waals surface area contributed by atoms with E-state index < -0.39 is 18.0 Å². The first-order valence-corrected chi connectivity index (χ1v) is 18.8. The van der Waals surface area contributed by atoms with Crippen molar-refractivity contribution >= 4 is 23.8 Å². The van der Waals surface area contributed by atoms with E-state index in [1.165, 1.54) is 89.9 Å². The zero-order chi connectivity index (χ0) is 35.2. The predicted octanol–water partition coefficient (Wildman–Crippen LogP) is 8.89. The van der Waals surface area contributed by atoms with Crippen LogP contribution < -0.4 is 16.8 Å². The summed E-state index contributed by atoms with van der Waals surface area (Å²) in [5.74, 6) is -1.15. The number of unbranched alkanes of at least 4 members (excludes halogenated alkanes) is 16. The van der Waals surface area contributed by atoms with Crippen molar-refractivity contribution in [2.24, 2.45) is 16.5 Å². The van der Waals surface area contributed by atoms with E-state index in [9.17, 15) is 14.4 Å². The van der Waals surface area contributed by atoms with E-state index in [-0.39, 0.29) is 18.5 Å². The van der Waals surface area contributed by atoms with Crippen molar-refractivity contribution in [3.8, 4) is 0 Å². The number of ether oxygens (including phenoxy) is 1. The molecule has 0 aromatic carbocycles. The number of hydrogen-bond donors (Lipinski definition) is 4. The number of nitrogens with two attached hydrogens (primary N) is 2. The number of guanidine groups is 1. The van der Waals surface area contributed by atoms with Crippen LogP contribution in [0.25, 0.3) is 0 Å². The van der Waals surface area contributed by atoms with Crippen LogP contribution in [-0.2, 0) is 19.1 Å². The number of carboxylic acid groups (broad SMARTS) is 1. The Labute approximate surface area is 287 Å². The van der Waals surface area contributed by atoms with Gasteiger partial charge < -0.3 is 26.6 Å². The van der Waals surface area contributed by atoms with Crippen LogP contribution in [0.3, 0.4) is 0 Å². The number of allylic oxidation sites excluding steroid dienone is 4. The second-order valence-corrected chi connectivity index (χ2v) is 12.3. The topological polar surface area (TPSA) is 157 Å². The summed E-state index contributed by atoms with van der Waals surface area (Å²) < 4.78 is 5.04. The molecule has 9 heteroatoms.